The molecule has 0 radical (unpaired) electrons. The van der Waals surface area contributed by atoms with E-state index in [0.717, 1.165) is 45.0 Å². The lowest BCUT2D eigenvalue weighted by Gasteiger charge is -2.36. The van der Waals surface area contributed by atoms with E-state index in [1.54, 1.807) is 0 Å². The number of amides is 2. The lowest BCUT2D eigenvalue weighted by atomic mass is 10.0. The van der Waals surface area contributed by atoms with Crippen LogP contribution in [-0.2, 0) is 9.53 Å². The molecule has 1 unspecified atom stereocenters. The average Bonchev–Trinajstić information content (AvgIpc) is 3.38. The van der Waals surface area contributed by atoms with Crippen molar-refractivity contribution < 1.29 is 14.3 Å². The molecule has 2 aromatic carbocycles. The minimum absolute atomic E-state index is 0.0291. The molecule has 0 N–H and O–H groups in total. The fourth-order valence-corrected chi connectivity index (χ4v) is 4.96. The highest BCUT2D eigenvalue weighted by Gasteiger charge is 2.32. The number of halogens is 1. The van der Waals surface area contributed by atoms with E-state index in [0.29, 0.717) is 38.3 Å². The summed E-state index contributed by atoms with van der Waals surface area (Å²) in [4.78, 5) is 34.8. The first-order chi connectivity index (χ1) is 16.0. The van der Waals surface area contributed by atoms with E-state index in [1.807, 2.05) is 59.2 Å². The highest BCUT2D eigenvalue weighted by atomic mass is 79.9. The van der Waals surface area contributed by atoms with Crippen LogP contribution in [0.3, 0.4) is 0 Å². The molecule has 2 saturated heterocycles. The molecule has 2 aliphatic heterocycles. The fourth-order valence-electron chi connectivity index (χ4n) is 4.60. The second-order valence-electron chi connectivity index (χ2n) is 8.71. The van der Waals surface area contributed by atoms with Crippen molar-refractivity contribution in [2.75, 3.05) is 32.8 Å². The molecule has 170 valence electrons. The van der Waals surface area contributed by atoms with Gasteiger partial charge in [-0.1, -0.05) is 39.7 Å². The van der Waals surface area contributed by atoms with Crippen molar-refractivity contribution in [3.8, 4) is 11.3 Å². The van der Waals surface area contributed by atoms with Crippen molar-refractivity contribution in [2.24, 2.45) is 0 Å². The van der Waals surface area contributed by atoms with Crippen LogP contribution in [0.1, 0.15) is 28.8 Å². The molecule has 33 heavy (non-hydrogen) atoms. The maximum absolute atomic E-state index is 13.7. The molecule has 0 spiro atoms. The number of aromatic nitrogens is 1. The van der Waals surface area contributed by atoms with E-state index in [1.165, 1.54) is 0 Å². The smallest absolute Gasteiger partial charge is 0.254 e. The Labute approximate surface area is 201 Å². The van der Waals surface area contributed by atoms with Gasteiger partial charge in [-0.15, -0.1) is 0 Å². The summed E-state index contributed by atoms with van der Waals surface area (Å²) in [6, 6.07) is 15.9. The van der Waals surface area contributed by atoms with Crippen LogP contribution in [0.15, 0.2) is 53.0 Å². The fraction of sp³-hybridized carbons (Fsp3) is 0.346. The Morgan fingerprint density at radius 2 is 1.82 bits per heavy atom. The zero-order valence-electron chi connectivity index (χ0n) is 18.6. The molecule has 2 amide bonds. The first-order valence-corrected chi connectivity index (χ1v) is 12.2. The minimum atomic E-state index is -0.314. The maximum atomic E-state index is 13.7. The van der Waals surface area contributed by atoms with Gasteiger partial charge in [-0.2, -0.15) is 0 Å². The SMILES string of the molecule is Cc1cccc(-c2cc(C(=O)N3CCN(C(=O)C4CCCO4)CC3)c3cc(Br)ccc3n2)c1. The van der Waals surface area contributed by atoms with Gasteiger partial charge in [-0.25, -0.2) is 4.98 Å². The summed E-state index contributed by atoms with van der Waals surface area (Å²) in [6.45, 7) is 4.78. The summed E-state index contributed by atoms with van der Waals surface area (Å²) in [5, 5.41) is 0.823. The number of carbonyl (C=O) groups is 2. The molecular weight excluding hydrogens is 482 g/mol. The zero-order chi connectivity index (χ0) is 22.9. The van der Waals surface area contributed by atoms with Gasteiger partial charge in [0.25, 0.3) is 11.8 Å². The number of aryl methyl sites for hydroxylation is 1. The standard InChI is InChI=1S/C26H26BrN3O3/c1-17-4-2-5-18(14-17)23-16-21(20-15-19(27)7-8-22(20)28-23)25(31)29-9-11-30(12-10-29)26(32)24-6-3-13-33-24/h2,4-5,7-8,14-16,24H,3,6,9-13H2,1H3. The van der Waals surface area contributed by atoms with E-state index in [4.69, 9.17) is 9.72 Å². The molecule has 1 aromatic heterocycles. The van der Waals surface area contributed by atoms with Gasteiger partial charge in [0.15, 0.2) is 0 Å². The van der Waals surface area contributed by atoms with E-state index in [2.05, 4.69) is 22.0 Å². The number of pyridine rings is 1. The van der Waals surface area contributed by atoms with Crippen LogP contribution in [-0.4, -0.2) is 65.5 Å². The third-order valence-electron chi connectivity index (χ3n) is 6.40. The van der Waals surface area contributed by atoms with Gasteiger partial charge in [0.05, 0.1) is 16.8 Å². The van der Waals surface area contributed by atoms with Gasteiger partial charge >= 0.3 is 0 Å². The van der Waals surface area contributed by atoms with Gasteiger partial charge in [0.2, 0.25) is 0 Å². The third kappa shape index (κ3) is 4.52. The van der Waals surface area contributed by atoms with Crippen molar-refractivity contribution in [1.82, 2.24) is 14.8 Å². The minimum Gasteiger partial charge on any atom is -0.368 e. The summed E-state index contributed by atoms with van der Waals surface area (Å²) >= 11 is 3.53. The first kappa shape index (κ1) is 22.0. The molecule has 2 fully saturated rings. The number of benzene rings is 2. The van der Waals surface area contributed by atoms with Crippen molar-refractivity contribution in [3.05, 3.63) is 64.1 Å². The van der Waals surface area contributed by atoms with Crippen molar-refractivity contribution >= 4 is 38.6 Å². The van der Waals surface area contributed by atoms with Gasteiger partial charge < -0.3 is 14.5 Å². The number of nitrogens with zero attached hydrogens (tertiary/aromatic N) is 3. The highest BCUT2D eigenvalue weighted by Crippen LogP contribution is 2.29. The monoisotopic (exact) mass is 507 g/mol. The van der Waals surface area contributed by atoms with Crippen LogP contribution in [0.4, 0.5) is 0 Å². The summed E-state index contributed by atoms with van der Waals surface area (Å²) in [5.41, 5.74) is 4.33. The third-order valence-corrected chi connectivity index (χ3v) is 6.89. The number of hydrogen-bond acceptors (Lipinski definition) is 4. The number of ether oxygens (including phenoxy) is 1. The van der Waals surface area contributed by atoms with Gasteiger partial charge in [-0.05, 0) is 50.1 Å². The first-order valence-electron chi connectivity index (χ1n) is 11.4. The molecule has 3 aromatic rings. The van der Waals surface area contributed by atoms with Crippen LogP contribution in [0, 0.1) is 6.92 Å². The molecule has 3 heterocycles. The molecule has 7 heteroatoms. The Morgan fingerprint density at radius 3 is 2.55 bits per heavy atom. The molecule has 0 saturated carbocycles. The maximum Gasteiger partial charge on any atom is 0.254 e. The Hall–Kier alpha value is -2.77. The Morgan fingerprint density at radius 1 is 1.03 bits per heavy atom. The number of piperazine rings is 1. The van der Waals surface area contributed by atoms with Gasteiger partial charge in [0, 0.05) is 48.2 Å². The summed E-state index contributed by atoms with van der Waals surface area (Å²) in [5.74, 6) is 0.0262. The number of hydrogen-bond donors (Lipinski definition) is 0. The molecule has 0 bridgehead atoms. The quantitative estimate of drug-likeness (QED) is 0.525. The second-order valence-corrected chi connectivity index (χ2v) is 9.62. The van der Waals surface area contributed by atoms with E-state index < -0.39 is 0 Å². The lowest BCUT2D eigenvalue weighted by Crippen LogP contribution is -2.52. The number of rotatable bonds is 3. The number of fused-ring (bicyclic) bond motifs is 1. The predicted molar refractivity (Wildman–Crippen MR) is 131 cm³/mol. The summed E-state index contributed by atoms with van der Waals surface area (Å²) in [7, 11) is 0. The second kappa shape index (κ2) is 9.23. The van der Waals surface area contributed by atoms with E-state index in [9.17, 15) is 9.59 Å². The van der Waals surface area contributed by atoms with Crippen LogP contribution >= 0.6 is 15.9 Å². The predicted octanol–water partition coefficient (Wildman–Crippen LogP) is 4.44. The van der Waals surface area contributed by atoms with Crippen molar-refractivity contribution in [1.29, 1.82) is 0 Å². The van der Waals surface area contributed by atoms with Crippen molar-refractivity contribution in [3.63, 3.8) is 0 Å². The van der Waals surface area contributed by atoms with Gasteiger partial charge in [-0.3, -0.25) is 9.59 Å². The van der Waals surface area contributed by atoms with Crippen molar-refractivity contribution in [2.45, 2.75) is 25.9 Å². The molecular formula is C26H26BrN3O3. The molecule has 6 nitrogen and oxygen atoms in total. The highest BCUT2D eigenvalue weighted by molar-refractivity contribution is 9.10. The van der Waals surface area contributed by atoms with Gasteiger partial charge in [0.1, 0.15) is 6.10 Å². The largest absolute Gasteiger partial charge is 0.368 e. The molecule has 5 rings (SSSR count). The Bertz CT molecular complexity index is 1210. The number of carbonyl (C=O) groups excluding carboxylic acids is 2. The van der Waals surface area contributed by atoms with Crippen LogP contribution in [0.2, 0.25) is 0 Å². The Kier molecular flexibility index (Phi) is 6.17. The summed E-state index contributed by atoms with van der Waals surface area (Å²) < 4.78 is 6.46. The normalized spacial score (nSPS) is 18.7. The van der Waals surface area contributed by atoms with Crippen LogP contribution in [0.25, 0.3) is 22.2 Å². The molecule has 2 aliphatic rings. The average molecular weight is 508 g/mol. The molecule has 1 atom stereocenters. The lowest BCUT2D eigenvalue weighted by molar-refractivity contribution is -0.142. The molecule has 0 aliphatic carbocycles. The summed E-state index contributed by atoms with van der Waals surface area (Å²) in [6.07, 6.45) is 1.41. The zero-order valence-corrected chi connectivity index (χ0v) is 20.2. The topological polar surface area (TPSA) is 62.7 Å². The van der Waals surface area contributed by atoms with Crippen LogP contribution < -0.4 is 0 Å². The Balaban J connectivity index is 1.43. The van der Waals surface area contributed by atoms with Crippen LogP contribution in [0.5, 0.6) is 0 Å². The van der Waals surface area contributed by atoms with E-state index in [-0.39, 0.29) is 17.9 Å². The van der Waals surface area contributed by atoms with E-state index >= 15 is 0 Å².